The topological polar surface area (TPSA) is 594 Å². The van der Waals surface area contributed by atoms with Crippen LogP contribution in [0.25, 0.3) is 0 Å². The van der Waals surface area contributed by atoms with Crippen molar-refractivity contribution < 1.29 is 120 Å². The van der Waals surface area contributed by atoms with Gasteiger partial charge in [0.2, 0.25) is 59.1 Å². The number of Topliss-reactive ketones (excluding diaryl/α,β-unsaturated/α-hetero) is 7. The zero-order valence-electron chi connectivity index (χ0n) is 71.7. The molecular formula is C81H108N14O25S8. The third-order valence-electron chi connectivity index (χ3n) is 15.5. The van der Waals surface area contributed by atoms with Gasteiger partial charge < -0.3 is 89.4 Å². The Morgan fingerprint density at radius 1 is 0.266 bits per heavy atom. The molecule has 0 fully saturated rings. The molecule has 8 atom stereocenters. The molecule has 4 aromatic carbocycles. The van der Waals surface area contributed by atoms with E-state index < -0.39 is 157 Å². The van der Waals surface area contributed by atoms with Crippen LogP contribution in [0.15, 0.2) is 121 Å². The smallest absolute Gasteiger partial charge is 0.325 e. The van der Waals surface area contributed by atoms with E-state index in [0.29, 0.717) is 33.8 Å². The highest BCUT2D eigenvalue weighted by Gasteiger charge is 2.30. The fraction of sp³-hybridized carbons (Fsp3) is 0.432. The molecular weight excluding hydrogens is 1830 g/mol. The zero-order chi connectivity index (χ0) is 96.1. The Morgan fingerprint density at radius 3 is 0.641 bits per heavy atom. The van der Waals surface area contributed by atoms with Crippen LogP contribution in [0.3, 0.4) is 0 Å². The number of benzene rings is 4. The fourth-order valence-electron chi connectivity index (χ4n) is 9.08. The molecule has 0 radical (unpaired) electrons. The number of aliphatic hydroxyl groups is 2. The Kier molecular flexibility index (Phi) is 60.9. The number of amides is 14. The van der Waals surface area contributed by atoms with E-state index in [-0.39, 0.29) is 115 Å². The fourth-order valence-corrected chi connectivity index (χ4v) is 18.6. The number of carbonyl (C=O) groups is 22. The summed E-state index contributed by atoms with van der Waals surface area (Å²) < 4.78 is 4.72. The predicted molar refractivity (Wildman–Crippen MR) is 493 cm³/mol. The van der Waals surface area contributed by atoms with E-state index in [1.54, 1.807) is 116 Å². The number of ketones is 7. The van der Waals surface area contributed by atoms with E-state index >= 15 is 0 Å². The van der Waals surface area contributed by atoms with Crippen LogP contribution >= 0.6 is 86.4 Å². The minimum atomic E-state index is -1.04. The van der Waals surface area contributed by atoms with Crippen LogP contribution in [0.2, 0.25) is 0 Å². The van der Waals surface area contributed by atoms with Gasteiger partial charge in [0, 0.05) is 96.0 Å². The molecule has 0 heterocycles. The van der Waals surface area contributed by atoms with Gasteiger partial charge in [0.1, 0.15) is 73.4 Å². The maximum Gasteiger partial charge on any atom is 0.325 e. The monoisotopic (exact) mass is 1930 g/mol. The van der Waals surface area contributed by atoms with E-state index in [1.807, 2.05) is 12.1 Å². The van der Waals surface area contributed by atoms with Crippen molar-refractivity contribution in [3.05, 3.63) is 144 Å². The van der Waals surface area contributed by atoms with Crippen molar-refractivity contribution in [2.24, 2.45) is 0 Å². The first-order chi connectivity index (χ1) is 60.7. The van der Waals surface area contributed by atoms with E-state index in [0.717, 1.165) is 0 Å². The van der Waals surface area contributed by atoms with E-state index in [2.05, 4.69) is 74.4 Å². The number of nitrogens with one attached hydrogen (secondary N) is 14. The van der Waals surface area contributed by atoms with Crippen molar-refractivity contribution in [1.82, 2.24) is 74.4 Å². The minimum Gasteiger partial charge on any atom is -0.465 e. The Morgan fingerprint density at radius 2 is 0.453 bits per heavy atom. The van der Waals surface area contributed by atoms with Crippen LogP contribution in [0.5, 0.6) is 0 Å². The van der Waals surface area contributed by atoms with Crippen molar-refractivity contribution in [2.45, 2.75) is 118 Å². The molecule has 0 unspecified atom stereocenters. The molecule has 0 aliphatic heterocycles. The summed E-state index contributed by atoms with van der Waals surface area (Å²) in [5, 5.41) is 52.7. The van der Waals surface area contributed by atoms with Crippen LogP contribution in [-0.4, -0.2) is 293 Å². The third-order valence-corrected chi connectivity index (χ3v) is 25.2. The molecule has 4 aromatic rings. The van der Waals surface area contributed by atoms with Crippen LogP contribution < -0.4 is 74.4 Å². The summed E-state index contributed by atoms with van der Waals surface area (Å²) in [6, 6.07) is 27.1. The quantitative estimate of drug-likeness (QED) is 0.0157. The van der Waals surface area contributed by atoms with E-state index in [1.165, 1.54) is 149 Å². The van der Waals surface area contributed by atoms with Crippen LogP contribution in [-0.2, 0) is 91.0 Å². The number of hydrogen-bond acceptors (Lipinski definition) is 33. The summed E-state index contributed by atoms with van der Waals surface area (Å²) in [5.74, 6) is -7.84. The van der Waals surface area contributed by atoms with Crippen molar-refractivity contribution in [2.75, 3.05) is 105 Å². The van der Waals surface area contributed by atoms with Crippen molar-refractivity contribution in [3.8, 4) is 0 Å². The molecule has 16 N–H and O–H groups in total. The second-order valence-electron chi connectivity index (χ2n) is 26.7. The normalized spacial score (nSPS) is 12.2. The molecule has 0 spiro atoms. The highest BCUT2D eigenvalue weighted by atomic mass is 33.1. The van der Waals surface area contributed by atoms with Gasteiger partial charge in [0.05, 0.1) is 51.4 Å². The number of aliphatic hydroxyl groups excluding tert-OH is 2. The summed E-state index contributed by atoms with van der Waals surface area (Å²) in [6.45, 7) is 10.7. The summed E-state index contributed by atoms with van der Waals surface area (Å²) in [4.78, 5) is 260. The molecule has 47 heteroatoms. The lowest BCUT2D eigenvalue weighted by Gasteiger charge is -2.20. The summed E-state index contributed by atoms with van der Waals surface area (Å²) in [6.07, 6.45) is 0. The van der Waals surface area contributed by atoms with Gasteiger partial charge in [0.15, 0.2) is 23.1 Å². The summed E-state index contributed by atoms with van der Waals surface area (Å²) in [5.41, 5.74) is 1.67. The first-order valence-electron chi connectivity index (χ1n) is 38.8. The molecule has 128 heavy (non-hydrogen) atoms. The highest BCUT2D eigenvalue weighted by molar-refractivity contribution is 8.77. The lowest BCUT2D eigenvalue weighted by Crippen LogP contribution is -2.50. The van der Waals surface area contributed by atoms with Gasteiger partial charge >= 0.3 is 5.97 Å². The third kappa shape index (κ3) is 54.5. The van der Waals surface area contributed by atoms with Gasteiger partial charge in [0.25, 0.3) is 23.6 Å². The second kappa shape index (κ2) is 67.6. The van der Waals surface area contributed by atoms with Crippen LogP contribution in [0.4, 0.5) is 0 Å². The number of carbonyl (C=O) groups excluding carboxylic acids is 22. The summed E-state index contributed by atoms with van der Waals surface area (Å²) >= 11 is 0. The standard InChI is InChI=1S/C26H30N4O7S2.C22H24N2O4S2.C17H28N4O7S2.C16H26N4O7S2/c1-17(32)12-27-25(36)21(29-23(34)18-8-4-2-5-9-18)15-38-39-16-22(26(37)28-13-20(33)14-31)30-24(35)19-10-6-3-7-11-19;1-15(25)19(23-21(27)17-9-5-3-6-10-17)13-29-30-14-20(16(2)26)24-22(28)18-11-7-4-8-12-18;1-5-28-15(25)7-19-17(27)14(21-12(4)24)9-30-29-8-13(20-11(3)23)16(26)18-6-10(2)22;1-9(22)4-17-15(26)13(19-10(2)23)7-28-29-8-14(20-11(3)24)16(27)18-5-12(25)6-21/h2-11,21-22,31H,12-16H2,1H3,(H,27,36)(H,28,37)(H,29,34)(H,30,35);3-12,19-20H,13-14H2,1-2H3,(H,23,27)(H,24,28);13-14H,5-9H2,1-4H3,(H,18,26)(H,19,27)(H,20,23)(H,21,24);13-14,21H,4-8H2,1-3H3,(H,17,26)(H,18,27)(H,19,23)(H,20,24)/t21-,22-;19-,20-;2*13-,14-/m0000/s1. The molecule has 0 aliphatic rings. The lowest BCUT2D eigenvalue weighted by atomic mass is 10.2. The molecule has 0 bridgehead atoms. The SMILES string of the molecule is CC(=O)CNC(=O)[C@H](CSSC[C@H](NC(=O)c1ccccc1)C(=O)NCC(=O)CO)NC(=O)c1ccccc1.CC(=O)CNC(=O)[C@H](CSSC[C@H](NC(C)=O)C(=O)NCC(=O)CO)NC(C)=O.CC(=O)[C@H](CSSC[C@H](NC(=O)c1ccccc1)C(C)=O)NC(=O)c1ccccc1.CCOC(=O)CNC(=O)[C@H](CSSC[C@H](NC(C)=O)C(=O)NCC(C)=O)NC(C)=O. The molecule has 0 aliphatic carbocycles. The van der Waals surface area contributed by atoms with Gasteiger partial charge in [-0.25, -0.2) is 0 Å². The molecule has 14 amide bonds. The Hall–Kier alpha value is -10.7. The lowest BCUT2D eigenvalue weighted by molar-refractivity contribution is -0.143. The number of rotatable bonds is 55. The molecule has 4 rings (SSSR count). The minimum absolute atomic E-state index is 0.0663. The van der Waals surface area contributed by atoms with E-state index in [9.17, 15) is 105 Å². The molecule has 0 saturated heterocycles. The average molecular weight is 1930 g/mol. The molecule has 700 valence electrons. The first-order valence-corrected chi connectivity index (χ1v) is 48.7. The molecule has 0 saturated carbocycles. The number of ether oxygens (including phenoxy) is 1. The Bertz CT molecular complexity index is 4290. The van der Waals surface area contributed by atoms with Crippen LogP contribution in [0.1, 0.15) is 111 Å². The van der Waals surface area contributed by atoms with Gasteiger partial charge in [-0.2, -0.15) is 0 Å². The van der Waals surface area contributed by atoms with Crippen molar-refractivity contribution in [1.29, 1.82) is 0 Å². The maximum absolute atomic E-state index is 12.7. The van der Waals surface area contributed by atoms with Crippen molar-refractivity contribution in [3.63, 3.8) is 0 Å². The molecule has 39 nitrogen and oxygen atoms in total. The van der Waals surface area contributed by atoms with Gasteiger partial charge in [-0.1, -0.05) is 159 Å². The number of esters is 1. The van der Waals surface area contributed by atoms with Gasteiger partial charge in [-0.3, -0.25) is 105 Å². The molecule has 0 aromatic heterocycles. The second-order valence-corrected chi connectivity index (χ2v) is 36.9. The first kappa shape index (κ1) is 115. The Balaban J connectivity index is 0.000000860. The largest absolute Gasteiger partial charge is 0.465 e. The predicted octanol–water partition coefficient (Wildman–Crippen LogP) is 0.0125. The van der Waals surface area contributed by atoms with Crippen molar-refractivity contribution >= 4 is 216 Å². The number of hydrogen-bond donors (Lipinski definition) is 16. The zero-order valence-corrected chi connectivity index (χ0v) is 78.3. The average Bonchev–Trinajstić information content (AvgIpc) is 0.907. The van der Waals surface area contributed by atoms with E-state index in [4.69, 9.17) is 14.9 Å². The Labute approximate surface area is 771 Å². The maximum atomic E-state index is 12.7. The van der Waals surface area contributed by atoms with Gasteiger partial charge in [-0.15, -0.1) is 0 Å². The summed E-state index contributed by atoms with van der Waals surface area (Å²) in [7, 11) is 9.86. The highest BCUT2D eigenvalue weighted by Crippen LogP contribution is 2.27. The van der Waals surface area contributed by atoms with Crippen LogP contribution in [0, 0.1) is 0 Å². The van der Waals surface area contributed by atoms with Gasteiger partial charge in [-0.05, 0) is 90.1 Å².